The molecule has 0 atom stereocenters. The normalized spacial score (nSPS) is 15.9. The van der Waals surface area contributed by atoms with Gasteiger partial charge in [0.2, 0.25) is 0 Å². The Morgan fingerprint density at radius 2 is 0.368 bits per heavy atom. The zero-order chi connectivity index (χ0) is 100. The average molecular weight is 1890 g/mol. The van der Waals surface area contributed by atoms with Crippen molar-refractivity contribution in [1.29, 1.82) is 0 Å². The molecule has 21 bridgehead atoms. The van der Waals surface area contributed by atoms with Gasteiger partial charge in [-0.05, 0) is 419 Å². The van der Waals surface area contributed by atoms with E-state index in [1.165, 1.54) is 22.3 Å². The zero-order valence-corrected chi connectivity index (χ0v) is 86.3. The van der Waals surface area contributed by atoms with Crippen molar-refractivity contribution in [2.75, 3.05) is 31.9 Å². The third-order valence-corrected chi connectivity index (χ3v) is 34.1. The van der Waals surface area contributed by atoms with Gasteiger partial charge in [0.05, 0.1) is 0 Å². The summed E-state index contributed by atoms with van der Waals surface area (Å²) in [5, 5.41) is 37.5. The SMILES string of the molecule is Cc1cc2cc(C)c1NC(=O)c1cc3cc(c4cccc(C)c4c3c3c(C)cccc13)NC(=O)c1c(C)cc(cc1C)C1(CCCCC1)c1cc(C)c(c(C)c1)C(=O)Nc1cc3cc(c4cccc(C)c4c3c3c(C)cccc13)C(=O)Nc1c(C)cc(cc1C)C1(CCCCC1)c1cc(C)c(c(C)c1)NC(=O)c1cc3cc(c4cccc(C)c4c3c3c(C)cccc13)C(=O)Nc1c(C)cc(cc1C)C21CCCCC1. The van der Waals surface area contributed by atoms with Crippen LogP contribution in [0.4, 0.5) is 34.1 Å². The predicted molar refractivity (Wildman–Crippen MR) is 600 cm³/mol. The molecule has 9 aliphatic heterocycles. The van der Waals surface area contributed by atoms with Crippen molar-refractivity contribution in [1.82, 2.24) is 0 Å². The Bertz CT molecular complexity index is 8090. The summed E-state index contributed by atoms with van der Waals surface area (Å²) in [5.74, 6) is -1.38. The monoisotopic (exact) mass is 1890 g/mol. The number of carbonyl (C=O) groups excluding carboxylic acids is 6. The molecule has 3 spiro atoms. The van der Waals surface area contributed by atoms with Crippen LogP contribution in [-0.4, -0.2) is 35.4 Å². The molecule has 12 nitrogen and oxygen atoms in total. The lowest BCUT2D eigenvalue weighted by molar-refractivity contribution is 0.101. The number of nitrogens with one attached hydrogen (secondary N) is 6. The molecule has 720 valence electrons. The molecule has 12 heteroatoms. The zero-order valence-electron chi connectivity index (χ0n) is 86.3. The second kappa shape index (κ2) is 35.9. The molecule has 9 heterocycles. The van der Waals surface area contributed by atoms with Crippen LogP contribution in [0.15, 0.2) is 218 Å². The van der Waals surface area contributed by atoms with Gasteiger partial charge in [0.15, 0.2) is 0 Å². The molecule has 12 aliphatic rings. The summed E-state index contributed by atoms with van der Waals surface area (Å²) in [7, 11) is 0. The number of rotatable bonds is 0. The molecule has 0 unspecified atom stereocenters. The Balaban J connectivity index is 0.672. The van der Waals surface area contributed by atoms with E-state index in [4.69, 9.17) is 0 Å². The van der Waals surface area contributed by atoms with Gasteiger partial charge in [-0.25, -0.2) is 0 Å². The smallest absolute Gasteiger partial charge is 0.256 e. The van der Waals surface area contributed by atoms with E-state index in [-0.39, 0.29) is 46.3 Å². The van der Waals surface area contributed by atoms with Gasteiger partial charge in [-0.3, -0.25) is 28.8 Å². The van der Waals surface area contributed by atoms with Crippen LogP contribution >= 0.6 is 0 Å². The lowest BCUT2D eigenvalue weighted by Gasteiger charge is -2.40. The molecular weight excluding hydrogens is 1770 g/mol. The van der Waals surface area contributed by atoms with Crippen molar-refractivity contribution in [2.24, 2.45) is 0 Å². The Hall–Kier alpha value is -14.9. The number of carbonyl (C=O) groups is 6. The third-order valence-electron chi connectivity index (χ3n) is 34.1. The average Bonchev–Trinajstić information content (AvgIpc) is 0.724. The summed E-state index contributed by atoms with van der Waals surface area (Å²) in [5.41, 5.74) is 30.9. The van der Waals surface area contributed by atoms with Crippen molar-refractivity contribution < 1.29 is 28.8 Å². The molecule has 18 aromatic rings. The molecule has 30 rings (SSSR count). The fourth-order valence-corrected chi connectivity index (χ4v) is 27.2. The van der Waals surface area contributed by atoms with E-state index >= 15 is 28.8 Å². The quantitative estimate of drug-likeness (QED) is 0.0824. The molecule has 3 aliphatic carbocycles. The van der Waals surface area contributed by atoms with Gasteiger partial charge in [0.25, 0.3) is 35.4 Å². The van der Waals surface area contributed by atoms with Gasteiger partial charge < -0.3 is 31.9 Å². The lowest BCUT2D eigenvalue weighted by Crippen LogP contribution is -2.32. The molecule has 144 heavy (non-hydrogen) atoms. The number of amides is 6. The van der Waals surface area contributed by atoms with Crippen LogP contribution < -0.4 is 31.9 Å². The molecule has 0 aromatic heterocycles. The summed E-state index contributed by atoms with van der Waals surface area (Å²) < 4.78 is 0. The van der Waals surface area contributed by atoms with Crippen LogP contribution in [-0.2, 0) is 16.2 Å². The second-order valence-corrected chi connectivity index (χ2v) is 43.4. The van der Waals surface area contributed by atoms with E-state index in [1.54, 1.807) is 0 Å². The highest BCUT2D eigenvalue weighted by molar-refractivity contribution is 6.34. The number of aryl methyl sites for hydroxylation is 18. The fraction of sp³-hybridized carbons (Fsp3) is 0.273. The molecule has 6 amide bonds. The summed E-state index contributed by atoms with van der Waals surface area (Å²) in [6, 6.07) is 76.9. The number of hydrogen-bond donors (Lipinski definition) is 6. The van der Waals surface area contributed by atoms with Crippen LogP contribution in [0.1, 0.15) is 292 Å². The molecule has 0 radical (unpaired) electrons. The van der Waals surface area contributed by atoms with E-state index in [0.717, 1.165) is 327 Å². The Morgan fingerprint density at radius 1 is 0.181 bits per heavy atom. The minimum Gasteiger partial charge on any atom is -0.321 e. The number of fused-ring (bicyclic) bond motifs is 15. The summed E-state index contributed by atoms with van der Waals surface area (Å²) in [6.45, 7) is 37.9. The van der Waals surface area contributed by atoms with Crippen molar-refractivity contribution in [3.05, 3.63) is 385 Å². The first-order valence-electron chi connectivity index (χ1n) is 52.0. The van der Waals surface area contributed by atoms with E-state index in [9.17, 15) is 0 Å². The van der Waals surface area contributed by atoms with Crippen LogP contribution in [0, 0.1) is 125 Å². The summed E-state index contributed by atoms with van der Waals surface area (Å²) in [6.07, 6.45) is 15.1. The Morgan fingerprint density at radius 3 is 0.583 bits per heavy atom. The van der Waals surface area contributed by atoms with Gasteiger partial charge in [0.1, 0.15) is 0 Å². The predicted octanol–water partition coefficient (Wildman–Crippen LogP) is 33.2. The first-order chi connectivity index (χ1) is 69.2. The topological polar surface area (TPSA) is 175 Å². The van der Waals surface area contributed by atoms with E-state index < -0.39 is 5.41 Å². The maximum atomic E-state index is 15.8. The van der Waals surface area contributed by atoms with Gasteiger partial charge in [-0.2, -0.15) is 0 Å². The van der Waals surface area contributed by atoms with E-state index in [1.807, 2.05) is 48.5 Å². The van der Waals surface area contributed by atoms with Gasteiger partial charge in [0, 0.05) is 94.5 Å². The maximum absolute atomic E-state index is 15.8. The molecule has 3 saturated carbocycles. The molecule has 18 aromatic carbocycles. The molecular formula is C132H126N6O6. The van der Waals surface area contributed by atoms with Crippen molar-refractivity contribution in [3.8, 4) is 0 Å². The number of anilines is 6. The van der Waals surface area contributed by atoms with Gasteiger partial charge in [-0.15, -0.1) is 0 Å². The molecule has 3 fully saturated rings. The second-order valence-electron chi connectivity index (χ2n) is 43.4. The summed E-state index contributed by atoms with van der Waals surface area (Å²) in [4.78, 5) is 94.4. The Kier molecular flexibility index (Phi) is 23.5. The van der Waals surface area contributed by atoms with Crippen molar-refractivity contribution in [3.63, 3.8) is 0 Å². The summed E-state index contributed by atoms with van der Waals surface area (Å²) >= 11 is 0. The highest BCUT2D eigenvalue weighted by atomic mass is 16.2. The number of benzene rings is 18. The minimum atomic E-state index is -0.411. The largest absolute Gasteiger partial charge is 0.321 e. The standard InChI is InChI=1S/C132H126N6O6/c1-70-34-28-40-97-103-64-88-65-104(98-41-29-35-71(2)112(98)117(88)111(70)97)125(140)136-121-82(13)58-94(59-83(121)14)132(50-26-21-27-51-132)96-62-86(17)123(87(18)63-96)138-127(142)106-67-90-69-108(102-45-33-39-75(6)116(102)119(90)114-73(4)37-31-43-100(106)114)134-129(144)110-78(9)54-92(55-79(110)10)130(46-22-19-23-47-130)91-52-76(7)109(77(8)53-91)128(143)133-107-68-89-66-105(99-42-30-36-72(3)113(99)118(89)115-74(5)38-32-44-101(107)115)126(141)137-122-84(15)60-95(61-85(122)16)131(48-24-20-25-49-131)93-56-80(11)120(81(12)57-93)135-124(103)139/h28-45,52-69H,19-27,46-51H2,1-18H3,(H,133,143)(H,134,144)(H,135,139)(H,136,140)(H,137,141)(H,138,142). The Labute approximate surface area is 844 Å². The van der Waals surface area contributed by atoms with E-state index in [0.29, 0.717) is 44.8 Å². The van der Waals surface area contributed by atoms with Crippen LogP contribution in [0.5, 0.6) is 0 Å². The van der Waals surface area contributed by atoms with Gasteiger partial charge >= 0.3 is 0 Å². The van der Waals surface area contributed by atoms with Crippen molar-refractivity contribution >= 4 is 167 Å². The van der Waals surface area contributed by atoms with Crippen LogP contribution in [0.25, 0.3) is 97.0 Å². The van der Waals surface area contributed by atoms with Crippen LogP contribution in [0.3, 0.4) is 0 Å². The van der Waals surface area contributed by atoms with Crippen molar-refractivity contribution in [2.45, 2.75) is 237 Å². The maximum Gasteiger partial charge on any atom is 0.256 e. The van der Waals surface area contributed by atoms with Crippen LogP contribution in [0.2, 0.25) is 0 Å². The van der Waals surface area contributed by atoms with E-state index in [2.05, 4.69) is 326 Å². The highest BCUT2D eigenvalue weighted by Crippen LogP contribution is 2.54. The molecule has 6 N–H and O–H groups in total. The number of hydrogen-bond acceptors (Lipinski definition) is 6. The highest BCUT2D eigenvalue weighted by Gasteiger charge is 2.43. The third kappa shape index (κ3) is 15.3. The lowest BCUT2D eigenvalue weighted by atomic mass is 9.64. The first kappa shape index (κ1) is 94.0. The minimum absolute atomic E-state index is 0.219. The fourth-order valence-electron chi connectivity index (χ4n) is 27.2. The first-order valence-corrected chi connectivity index (χ1v) is 52.0. The molecule has 0 saturated heterocycles. The van der Waals surface area contributed by atoms with Gasteiger partial charge in [-0.1, -0.05) is 240 Å².